The summed E-state index contributed by atoms with van der Waals surface area (Å²) in [6, 6.07) is 5.35. The molecule has 0 saturated carbocycles. The van der Waals surface area contributed by atoms with E-state index < -0.39 is 0 Å². The molecule has 0 bridgehead atoms. The molecule has 8 heteroatoms. The molecular formula is C10H5BrClN5O. The van der Waals surface area contributed by atoms with Crippen LogP contribution in [0.3, 0.4) is 0 Å². The monoisotopic (exact) mass is 325 g/mol. The average molecular weight is 327 g/mol. The van der Waals surface area contributed by atoms with Gasteiger partial charge in [0.2, 0.25) is 5.82 Å². The molecule has 18 heavy (non-hydrogen) atoms. The van der Waals surface area contributed by atoms with E-state index in [-0.39, 0.29) is 0 Å². The topological polar surface area (TPSA) is 80.5 Å². The molecule has 0 fully saturated rings. The summed E-state index contributed by atoms with van der Waals surface area (Å²) in [5.41, 5.74) is 0.768. The molecule has 0 aliphatic rings. The number of halogens is 2. The van der Waals surface area contributed by atoms with Gasteiger partial charge in [0, 0.05) is 10.0 Å². The molecular weight excluding hydrogens is 322 g/mol. The third-order valence-corrected chi connectivity index (χ3v) is 3.43. The van der Waals surface area contributed by atoms with Crippen LogP contribution < -0.4 is 0 Å². The fourth-order valence-corrected chi connectivity index (χ4v) is 1.88. The van der Waals surface area contributed by atoms with Gasteiger partial charge in [-0.1, -0.05) is 16.8 Å². The van der Waals surface area contributed by atoms with Gasteiger partial charge in [0.1, 0.15) is 6.33 Å². The summed E-state index contributed by atoms with van der Waals surface area (Å²) >= 11 is 9.26. The highest BCUT2D eigenvalue weighted by Gasteiger charge is 2.13. The first-order valence-electron chi connectivity index (χ1n) is 4.89. The molecule has 3 rings (SSSR count). The van der Waals surface area contributed by atoms with E-state index in [9.17, 15) is 0 Å². The van der Waals surface area contributed by atoms with Crippen LogP contribution in [-0.2, 0) is 0 Å². The number of benzene rings is 1. The lowest BCUT2D eigenvalue weighted by Gasteiger charge is -1.97. The number of H-pyrrole nitrogens is 1. The number of hydrogen-bond donors (Lipinski definition) is 1. The highest BCUT2D eigenvalue weighted by Crippen LogP contribution is 2.28. The zero-order chi connectivity index (χ0) is 12.5. The van der Waals surface area contributed by atoms with Gasteiger partial charge >= 0.3 is 0 Å². The van der Waals surface area contributed by atoms with Crippen molar-refractivity contribution in [1.82, 2.24) is 25.3 Å². The highest BCUT2D eigenvalue weighted by atomic mass is 79.9. The van der Waals surface area contributed by atoms with Gasteiger partial charge in [0.15, 0.2) is 5.82 Å². The van der Waals surface area contributed by atoms with Crippen LogP contribution in [-0.4, -0.2) is 25.3 Å². The predicted octanol–water partition coefficient (Wildman–Crippen LogP) is 2.94. The van der Waals surface area contributed by atoms with Crippen molar-refractivity contribution in [3.05, 3.63) is 34.0 Å². The maximum absolute atomic E-state index is 5.92. The minimum absolute atomic E-state index is 0.355. The van der Waals surface area contributed by atoms with Crippen molar-refractivity contribution in [2.24, 2.45) is 0 Å². The first kappa shape index (κ1) is 11.4. The summed E-state index contributed by atoms with van der Waals surface area (Å²) < 4.78 is 5.92. The van der Waals surface area contributed by atoms with Crippen molar-refractivity contribution in [1.29, 1.82) is 0 Å². The lowest BCUT2D eigenvalue weighted by molar-refractivity contribution is 0.432. The number of nitrogens with one attached hydrogen (secondary N) is 1. The summed E-state index contributed by atoms with van der Waals surface area (Å²) in [4.78, 5) is 8.16. The molecule has 0 aliphatic heterocycles. The Morgan fingerprint density at radius 3 is 2.94 bits per heavy atom. The Balaban J connectivity index is 2.00. The van der Waals surface area contributed by atoms with Crippen LogP contribution in [0.15, 0.2) is 33.5 Å². The standard InChI is InChI=1S/C10H5BrClN5O/c11-6-3-5(1-2-7(6)12)10-15-9(17-18-10)8-13-4-14-16-8/h1-4H,(H,13,14,16). The van der Waals surface area contributed by atoms with Crippen LogP contribution in [0, 0.1) is 0 Å². The van der Waals surface area contributed by atoms with Crippen molar-refractivity contribution in [2.75, 3.05) is 0 Å². The van der Waals surface area contributed by atoms with E-state index >= 15 is 0 Å². The Morgan fingerprint density at radius 1 is 1.33 bits per heavy atom. The van der Waals surface area contributed by atoms with E-state index in [1.54, 1.807) is 18.2 Å². The second-order valence-electron chi connectivity index (χ2n) is 3.39. The quantitative estimate of drug-likeness (QED) is 0.783. The van der Waals surface area contributed by atoms with Crippen LogP contribution >= 0.6 is 27.5 Å². The molecule has 2 heterocycles. The van der Waals surface area contributed by atoms with Gasteiger partial charge < -0.3 is 4.52 Å². The van der Waals surface area contributed by atoms with Gasteiger partial charge in [-0.15, -0.1) is 0 Å². The van der Waals surface area contributed by atoms with Gasteiger partial charge in [-0.2, -0.15) is 10.1 Å². The number of nitrogens with zero attached hydrogens (tertiary/aromatic N) is 4. The minimum atomic E-state index is 0.355. The second-order valence-corrected chi connectivity index (χ2v) is 4.65. The zero-order valence-corrected chi connectivity index (χ0v) is 11.1. The summed E-state index contributed by atoms with van der Waals surface area (Å²) in [7, 11) is 0. The molecule has 3 aromatic rings. The molecule has 6 nitrogen and oxygen atoms in total. The molecule has 0 amide bonds. The van der Waals surface area contributed by atoms with Gasteiger partial charge in [-0.05, 0) is 34.1 Å². The summed E-state index contributed by atoms with van der Waals surface area (Å²) in [5, 5.41) is 10.8. The number of rotatable bonds is 2. The van der Waals surface area contributed by atoms with Gasteiger partial charge in [-0.3, -0.25) is 5.10 Å². The van der Waals surface area contributed by atoms with Crippen molar-refractivity contribution in [3.63, 3.8) is 0 Å². The fraction of sp³-hybridized carbons (Fsp3) is 0. The van der Waals surface area contributed by atoms with E-state index in [0.717, 1.165) is 10.0 Å². The normalized spacial score (nSPS) is 10.8. The van der Waals surface area contributed by atoms with Crippen LogP contribution in [0.2, 0.25) is 5.02 Å². The molecule has 2 aromatic heterocycles. The molecule has 90 valence electrons. The largest absolute Gasteiger partial charge is 0.333 e. The van der Waals surface area contributed by atoms with Gasteiger partial charge in [0.25, 0.3) is 5.89 Å². The molecule has 0 aliphatic carbocycles. The smallest absolute Gasteiger partial charge is 0.258 e. The molecule has 1 aromatic carbocycles. The summed E-state index contributed by atoms with van der Waals surface area (Å²) in [6.07, 6.45) is 1.38. The third-order valence-electron chi connectivity index (χ3n) is 2.22. The Kier molecular flexibility index (Phi) is 2.85. The van der Waals surface area contributed by atoms with Crippen LogP contribution in [0.5, 0.6) is 0 Å². The highest BCUT2D eigenvalue weighted by molar-refractivity contribution is 9.10. The summed E-state index contributed by atoms with van der Waals surface area (Å²) in [5.74, 6) is 1.20. The Bertz CT molecular complexity index is 681. The first-order valence-corrected chi connectivity index (χ1v) is 6.06. The van der Waals surface area contributed by atoms with Crippen LogP contribution in [0.1, 0.15) is 0 Å². The molecule has 0 saturated heterocycles. The molecule has 0 atom stereocenters. The second kappa shape index (κ2) is 4.51. The Labute approximate surface area is 115 Å². The van der Waals surface area contributed by atoms with Crippen LogP contribution in [0.4, 0.5) is 0 Å². The lowest BCUT2D eigenvalue weighted by Crippen LogP contribution is -1.83. The van der Waals surface area contributed by atoms with Crippen molar-refractivity contribution in [2.45, 2.75) is 0 Å². The maximum Gasteiger partial charge on any atom is 0.258 e. The number of hydrogen-bond acceptors (Lipinski definition) is 5. The lowest BCUT2D eigenvalue weighted by atomic mass is 10.2. The third kappa shape index (κ3) is 2.02. The molecule has 0 unspecified atom stereocenters. The molecule has 0 radical (unpaired) electrons. The Hall–Kier alpha value is -1.73. The summed E-state index contributed by atoms with van der Waals surface area (Å²) in [6.45, 7) is 0. The minimum Gasteiger partial charge on any atom is -0.333 e. The van der Waals surface area contributed by atoms with E-state index in [2.05, 4.69) is 41.3 Å². The average Bonchev–Trinajstić information content (AvgIpc) is 3.01. The van der Waals surface area contributed by atoms with E-state index in [1.165, 1.54) is 6.33 Å². The first-order chi connectivity index (χ1) is 8.74. The van der Waals surface area contributed by atoms with Crippen molar-refractivity contribution >= 4 is 27.5 Å². The maximum atomic E-state index is 5.92. The van der Waals surface area contributed by atoms with Gasteiger partial charge in [0.05, 0.1) is 5.02 Å². The van der Waals surface area contributed by atoms with Crippen LogP contribution in [0.25, 0.3) is 23.1 Å². The molecule has 0 spiro atoms. The van der Waals surface area contributed by atoms with E-state index in [0.29, 0.717) is 22.6 Å². The fourth-order valence-electron chi connectivity index (χ4n) is 1.38. The van der Waals surface area contributed by atoms with E-state index in [1.807, 2.05) is 0 Å². The molecule has 1 N–H and O–H groups in total. The zero-order valence-electron chi connectivity index (χ0n) is 8.76. The predicted molar refractivity (Wildman–Crippen MR) is 67.8 cm³/mol. The van der Waals surface area contributed by atoms with Crippen molar-refractivity contribution in [3.8, 4) is 23.1 Å². The SMILES string of the molecule is Clc1ccc(-c2nc(-c3ncn[nH]3)no2)cc1Br. The Morgan fingerprint density at radius 2 is 2.22 bits per heavy atom. The van der Waals surface area contributed by atoms with E-state index in [4.69, 9.17) is 16.1 Å². The number of aromatic nitrogens is 5. The number of aromatic amines is 1. The van der Waals surface area contributed by atoms with Gasteiger partial charge in [-0.25, -0.2) is 4.98 Å². The van der Waals surface area contributed by atoms with Crippen molar-refractivity contribution < 1.29 is 4.52 Å².